The molecule has 0 amide bonds. The van der Waals surface area contributed by atoms with Gasteiger partial charge in [-0.05, 0) is 25.3 Å². The van der Waals surface area contributed by atoms with E-state index < -0.39 is 0 Å². The highest BCUT2D eigenvalue weighted by Crippen LogP contribution is 2.25. The molecule has 0 aliphatic heterocycles. The molecule has 0 saturated heterocycles. The molecule has 0 saturated carbocycles. The summed E-state index contributed by atoms with van der Waals surface area (Å²) in [5.41, 5.74) is 8.27. The quantitative estimate of drug-likeness (QED) is 0.298. The maximum Gasteiger partial charge on any atom is 0.217 e. The van der Waals surface area contributed by atoms with E-state index in [1.54, 1.807) is 11.3 Å². The number of thiazole rings is 1. The number of anilines is 2. The van der Waals surface area contributed by atoms with Crippen LogP contribution >= 0.6 is 11.3 Å². The smallest absolute Gasteiger partial charge is 0.217 e. The molecule has 0 aliphatic carbocycles. The zero-order valence-electron chi connectivity index (χ0n) is 18.5. The van der Waals surface area contributed by atoms with Gasteiger partial charge in [0, 0.05) is 48.4 Å². The first kappa shape index (κ1) is 22.7. The Morgan fingerprint density at radius 1 is 1.16 bits per heavy atom. The highest BCUT2D eigenvalue weighted by Gasteiger charge is 2.10. The number of nitrogens with zero attached hydrogens (tertiary/aromatic N) is 4. The fraction of sp³-hybridized carbons (Fsp3) is 0.375. The lowest BCUT2D eigenvalue weighted by molar-refractivity contribution is 0.311. The van der Waals surface area contributed by atoms with Gasteiger partial charge < -0.3 is 9.64 Å². The summed E-state index contributed by atoms with van der Waals surface area (Å²) in [5.74, 6) is 1.28. The van der Waals surface area contributed by atoms with E-state index in [0.29, 0.717) is 18.3 Å². The Hall–Kier alpha value is -2.93. The first-order chi connectivity index (χ1) is 15.2. The molecule has 0 fully saturated rings. The Morgan fingerprint density at radius 3 is 2.71 bits per heavy atom. The summed E-state index contributed by atoms with van der Waals surface area (Å²) in [4.78, 5) is 12.3. The molecule has 0 bridgehead atoms. The van der Waals surface area contributed by atoms with Crippen molar-refractivity contribution in [1.82, 2.24) is 9.97 Å². The number of ether oxygens (including phenoxy) is 1. The van der Waals surface area contributed by atoms with E-state index in [0.717, 1.165) is 43.6 Å². The second-order valence-electron chi connectivity index (χ2n) is 7.39. The number of hydrogen-bond donors (Lipinski definition) is 1. The molecule has 3 aromatic rings. The Kier molecular flexibility index (Phi) is 8.84. The average molecular weight is 438 g/mol. The summed E-state index contributed by atoms with van der Waals surface area (Å²) in [5, 5.41) is 4.39. The van der Waals surface area contributed by atoms with Crippen LogP contribution < -0.4 is 15.1 Å². The zero-order valence-corrected chi connectivity index (χ0v) is 19.4. The molecule has 0 aliphatic rings. The number of nitrogens with one attached hydrogen (secondary N) is 1. The predicted octanol–water partition coefficient (Wildman–Crippen LogP) is 5.54. The molecule has 7 heteroatoms. The van der Waals surface area contributed by atoms with E-state index in [9.17, 15) is 0 Å². The van der Waals surface area contributed by atoms with Crippen molar-refractivity contribution in [3.05, 3.63) is 64.1 Å². The fourth-order valence-electron chi connectivity index (χ4n) is 3.26. The molecule has 1 aromatic carbocycles. The van der Waals surface area contributed by atoms with Gasteiger partial charge in [0.05, 0.1) is 18.3 Å². The topological polar surface area (TPSA) is 62.6 Å². The van der Waals surface area contributed by atoms with Crippen LogP contribution in [0, 0.1) is 6.92 Å². The Bertz CT molecular complexity index is 952. The Morgan fingerprint density at radius 2 is 2.00 bits per heavy atom. The van der Waals surface area contributed by atoms with Crippen LogP contribution in [0.3, 0.4) is 0 Å². The highest BCUT2D eigenvalue weighted by atomic mass is 32.1. The van der Waals surface area contributed by atoms with Gasteiger partial charge in [0.15, 0.2) is 5.82 Å². The monoisotopic (exact) mass is 437 g/mol. The minimum atomic E-state index is 0.562. The first-order valence-corrected chi connectivity index (χ1v) is 11.7. The molecule has 1 N–H and O–H groups in total. The summed E-state index contributed by atoms with van der Waals surface area (Å²) in [6.07, 6.45) is 6.67. The van der Waals surface area contributed by atoms with Gasteiger partial charge >= 0.3 is 0 Å². The van der Waals surface area contributed by atoms with Gasteiger partial charge in [0.25, 0.3) is 0 Å². The lowest BCUT2D eigenvalue weighted by atomic mass is 10.2. The zero-order chi connectivity index (χ0) is 21.9. The number of pyridine rings is 1. The summed E-state index contributed by atoms with van der Waals surface area (Å²) < 4.78 is 6.00. The van der Waals surface area contributed by atoms with Gasteiger partial charge in [-0.3, -0.25) is 10.4 Å². The van der Waals surface area contributed by atoms with Crippen LogP contribution in [0.2, 0.25) is 0 Å². The van der Waals surface area contributed by atoms with Gasteiger partial charge in [0.2, 0.25) is 5.88 Å². The van der Waals surface area contributed by atoms with Crippen molar-refractivity contribution in [3.8, 4) is 5.88 Å². The van der Waals surface area contributed by atoms with Crippen LogP contribution in [-0.2, 0) is 6.42 Å². The number of benzene rings is 1. The molecule has 0 atom stereocenters. The van der Waals surface area contributed by atoms with Gasteiger partial charge in [-0.15, -0.1) is 11.3 Å². The van der Waals surface area contributed by atoms with Crippen LogP contribution in [0.4, 0.5) is 11.5 Å². The molecule has 3 rings (SSSR count). The number of rotatable bonds is 12. The largest absolute Gasteiger partial charge is 0.477 e. The second-order valence-corrected chi connectivity index (χ2v) is 8.36. The number of hydrazone groups is 1. The molecule has 6 nitrogen and oxygen atoms in total. The van der Waals surface area contributed by atoms with Gasteiger partial charge in [-0.25, -0.2) is 0 Å². The van der Waals surface area contributed by atoms with Crippen LogP contribution in [0.1, 0.15) is 42.7 Å². The molecular formula is C24H31N5OS. The van der Waals surface area contributed by atoms with Crippen molar-refractivity contribution in [2.75, 3.05) is 30.0 Å². The molecule has 0 unspecified atom stereocenters. The summed E-state index contributed by atoms with van der Waals surface area (Å²) >= 11 is 1.64. The van der Waals surface area contributed by atoms with Gasteiger partial charge in [-0.1, -0.05) is 43.7 Å². The van der Waals surface area contributed by atoms with Crippen LogP contribution in [0.25, 0.3) is 0 Å². The van der Waals surface area contributed by atoms with Crippen molar-refractivity contribution in [3.63, 3.8) is 0 Å². The fourth-order valence-corrected chi connectivity index (χ4v) is 3.84. The lowest BCUT2D eigenvalue weighted by Crippen LogP contribution is -2.25. The van der Waals surface area contributed by atoms with Crippen LogP contribution in [0.15, 0.2) is 53.2 Å². The van der Waals surface area contributed by atoms with E-state index in [1.807, 2.05) is 42.2 Å². The van der Waals surface area contributed by atoms with Crippen LogP contribution in [0.5, 0.6) is 5.88 Å². The third kappa shape index (κ3) is 7.36. The third-order valence-electron chi connectivity index (χ3n) is 4.66. The molecule has 0 radical (unpaired) electrons. The van der Waals surface area contributed by atoms with Crippen molar-refractivity contribution in [2.24, 2.45) is 5.10 Å². The summed E-state index contributed by atoms with van der Waals surface area (Å²) in [6.45, 7) is 9.01. The van der Waals surface area contributed by atoms with E-state index in [-0.39, 0.29) is 0 Å². The van der Waals surface area contributed by atoms with Crippen LogP contribution in [-0.4, -0.2) is 35.9 Å². The summed E-state index contributed by atoms with van der Waals surface area (Å²) in [6, 6.07) is 12.3. The standard InChI is InChI=1S/C24H31N5OS/c1-4-10-29(11-5-2)21-14-23(28-26-16-20-8-6-7-19(3)13-20)27-24(15-21)30-12-9-22-17-25-18-31-22/h6-8,13-18H,4-5,9-12H2,1-3H3,(H,27,28)/b26-16+. The lowest BCUT2D eigenvalue weighted by Gasteiger charge is -2.24. The minimum absolute atomic E-state index is 0.562. The van der Waals surface area contributed by atoms with Crippen molar-refractivity contribution >= 4 is 29.1 Å². The van der Waals surface area contributed by atoms with E-state index in [2.05, 4.69) is 58.3 Å². The Labute approximate surface area is 189 Å². The molecule has 2 heterocycles. The minimum Gasteiger partial charge on any atom is -0.477 e. The highest BCUT2D eigenvalue weighted by molar-refractivity contribution is 7.09. The van der Waals surface area contributed by atoms with E-state index >= 15 is 0 Å². The Balaban J connectivity index is 1.75. The number of aromatic nitrogens is 2. The van der Waals surface area contributed by atoms with E-state index in [4.69, 9.17) is 4.74 Å². The van der Waals surface area contributed by atoms with Crippen molar-refractivity contribution in [1.29, 1.82) is 0 Å². The second kappa shape index (κ2) is 12.1. The van der Waals surface area contributed by atoms with Crippen molar-refractivity contribution in [2.45, 2.75) is 40.0 Å². The maximum absolute atomic E-state index is 6.00. The average Bonchev–Trinajstić information content (AvgIpc) is 3.27. The molecule has 164 valence electrons. The summed E-state index contributed by atoms with van der Waals surface area (Å²) in [7, 11) is 0. The van der Waals surface area contributed by atoms with E-state index in [1.165, 1.54) is 10.4 Å². The van der Waals surface area contributed by atoms with Crippen molar-refractivity contribution < 1.29 is 4.74 Å². The molecule has 2 aromatic heterocycles. The first-order valence-electron chi connectivity index (χ1n) is 10.8. The normalized spacial score (nSPS) is 11.1. The van der Waals surface area contributed by atoms with Gasteiger partial charge in [-0.2, -0.15) is 10.1 Å². The third-order valence-corrected chi connectivity index (χ3v) is 5.49. The predicted molar refractivity (Wildman–Crippen MR) is 131 cm³/mol. The molecule has 0 spiro atoms. The molecule has 31 heavy (non-hydrogen) atoms. The SMILES string of the molecule is CCCN(CCC)c1cc(N/N=C/c2cccc(C)c2)nc(OCCc2cncs2)c1. The number of hydrogen-bond acceptors (Lipinski definition) is 7. The number of aryl methyl sites for hydroxylation is 1. The van der Waals surface area contributed by atoms with Gasteiger partial charge in [0.1, 0.15) is 0 Å². The molecular weight excluding hydrogens is 406 g/mol. The maximum atomic E-state index is 6.00.